The summed E-state index contributed by atoms with van der Waals surface area (Å²) in [4.78, 5) is 0. The molecule has 0 aliphatic rings. The first kappa shape index (κ1) is 12.1. The molecule has 0 saturated carbocycles. The summed E-state index contributed by atoms with van der Waals surface area (Å²) in [6, 6.07) is 5.67. The molecule has 0 aromatic heterocycles. The van der Waals surface area contributed by atoms with Gasteiger partial charge in [0.05, 0.1) is 18.2 Å². The number of rotatable bonds is 6. The van der Waals surface area contributed by atoms with Gasteiger partial charge in [0.15, 0.2) is 0 Å². The lowest BCUT2D eigenvalue weighted by Gasteiger charge is -2.08. The molecule has 1 aromatic rings. The molecule has 0 aliphatic carbocycles. The Balaban J connectivity index is 2.50. The molecule has 0 heterocycles. The third-order valence-electron chi connectivity index (χ3n) is 1.95. The number of hydrogen-bond donors (Lipinski definition) is 0. The maximum atomic E-state index is 5.59. The summed E-state index contributed by atoms with van der Waals surface area (Å²) < 4.78 is 11.6. The van der Waals surface area contributed by atoms with E-state index in [9.17, 15) is 0 Å². The highest BCUT2D eigenvalue weighted by atomic mass is 79.9. The van der Waals surface area contributed by atoms with Crippen LogP contribution in [0.2, 0.25) is 0 Å². The minimum absolute atomic E-state index is 0.705. The first-order chi connectivity index (χ1) is 7.27. The number of hydrogen-bond acceptors (Lipinski definition) is 2. The second-order valence-corrected chi connectivity index (χ2v) is 3.93. The molecule has 0 bridgehead atoms. The first-order valence-electron chi connectivity index (χ1n) is 4.85. The first-order valence-corrected chi connectivity index (χ1v) is 5.64. The third-order valence-corrected chi connectivity index (χ3v) is 2.57. The summed E-state index contributed by atoms with van der Waals surface area (Å²) in [5, 5.41) is 0. The molecule has 1 aromatic carbocycles. The van der Waals surface area contributed by atoms with Crippen LogP contribution in [0.15, 0.2) is 35.3 Å². The van der Waals surface area contributed by atoms with Gasteiger partial charge in [-0.3, -0.25) is 0 Å². The maximum Gasteiger partial charge on any atom is 0.133 e. The molecule has 2 nitrogen and oxygen atoms in total. The summed E-state index contributed by atoms with van der Waals surface area (Å²) in [6.45, 7) is 4.37. The Labute approximate surface area is 99.0 Å². The smallest absolute Gasteiger partial charge is 0.133 e. The van der Waals surface area contributed by atoms with Gasteiger partial charge in [-0.15, -0.1) is 6.58 Å². The summed E-state index contributed by atoms with van der Waals surface area (Å²) in [5.41, 5.74) is 0. The Hall–Kier alpha value is -0.960. The Kier molecular flexibility index (Phi) is 5.26. The van der Waals surface area contributed by atoms with Crippen LogP contribution in [0.3, 0.4) is 0 Å². The second-order valence-electron chi connectivity index (χ2n) is 3.08. The van der Waals surface area contributed by atoms with E-state index < -0.39 is 0 Å². The highest BCUT2D eigenvalue weighted by molar-refractivity contribution is 9.10. The molecular weight excluding hydrogens is 256 g/mol. The molecule has 82 valence electrons. The van der Waals surface area contributed by atoms with Gasteiger partial charge < -0.3 is 9.47 Å². The number of ether oxygens (including phenoxy) is 2. The molecule has 0 amide bonds. The van der Waals surface area contributed by atoms with Gasteiger partial charge in [0, 0.05) is 0 Å². The highest BCUT2D eigenvalue weighted by Gasteiger charge is 2.02. The Morgan fingerprint density at radius 2 is 2.27 bits per heavy atom. The van der Waals surface area contributed by atoms with Crippen LogP contribution in [-0.4, -0.2) is 13.7 Å². The van der Waals surface area contributed by atoms with Crippen molar-refractivity contribution in [1.82, 2.24) is 0 Å². The minimum Gasteiger partial charge on any atom is -0.497 e. The predicted octanol–water partition coefficient (Wildman–Crippen LogP) is 3.80. The molecule has 0 unspecified atom stereocenters. The fraction of sp³-hybridized carbons (Fsp3) is 0.333. The van der Waals surface area contributed by atoms with Crippen LogP contribution in [0.1, 0.15) is 12.8 Å². The van der Waals surface area contributed by atoms with Crippen molar-refractivity contribution in [2.45, 2.75) is 12.8 Å². The average Bonchev–Trinajstić information content (AvgIpc) is 2.26. The zero-order valence-corrected chi connectivity index (χ0v) is 10.4. The van der Waals surface area contributed by atoms with Gasteiger partial charge in [-0.2, -0.15) is 0 Å². The summed E-state index contributed by atoms with van der Waals surface area (Å²) >= 11 is 3.43. The molecule has 3 heteroatoms. The van der Waals surface area contributed by atoms with Crippen LogP contribution < -0.4 is 9.47 Å². The van der Waals surface area contributed by atoms with Crippen molar-refractivity contribution < 1.29 is 9.47 Å². The zero-order chi connectivity index (χ0) is 11.1. The number of methoxy groups -OCH3 is 1. The van der Waals surface area contributed by atoms with Crippen molar-refractivity contribution >= 4 is 15.9 Å². The van der Waals surface area contributed by atoms with E-state index in [-0.39, 0.29) is 0 Å². The summed E-state index contributed by atoms with van der Waals surface area (Å²) in [7, 11) is 1.65. The fourth-order valence-electron chi connectivity index (χ4n) is 1.14. The standard InChI is InChI=1S/C12H15BrO2/c1-3-4-5-8-15-12-7-6-10(14-2)9-11(12)13/h3,6-7,9H,1,4-5,8H2,2H3. The number of unbranched alkanes of at least 4 members (excludes halogenated alkanes) is 1. The van der Waals surface area contributed by atoms with Crippen LogP contribution >= 0.6 is 15.9 Å². The normalized spacial score (nSPS) is 9.73. The lowest BCUT2D eigenvalue weighted by Crippen LogP contribution is -1.97. The molecule has 0 fully saturated rings. The van der Waals surface area contributed by atoms with Gasteiger partial charge in [0.2, 0.25) is 0 Å². The second kappa shape index (κ2) is 6.51. The summed E-state index contributed by atoms with van der Waals surface area (Å²) in [6.07, 6.45) is 3.86. The highest BCUT2D eigenvalue weighted by Crippen LogP contribution is 2.29. The molecule has 0 radical (unpaired) electrons. The maximum absolute atomic E-state index is 5.59. The van der Waals surface area contributed by atoms with Crippen LogP contribution in [0, 0.1) is 0 Å². The fourth-order valence-corrected chi connectivity index (χ4v) is 1.61. The minimum atomic E-state index is 0.705. The van der Waals surface area contributed by atoms with Gasteiger partial charge in [-0.05, 0) is 47.0 Å². The van der Waals surface area contributed by atoms with E-state index in [4.69, 9.17) is 9.47 Å². The van der Waals surface area contributed by atoms with Crippen molar-refractivity contribution in [3.63, 3.8) is 0 Å². The Bertz CT molecular complexity index is 323. The van der Waals surface area contributed by atoms with E-state index in [1.54, 1.807) is 7.11 Å². The molecule has 0 aliphatic heterocycles. The van der Waals surface area contributed by atoms with E-state index >= 15 is 0 Å². The number of allylic oxidation sites excluding steroid dienone is 1. The van der Waals surface area contributed by atoms with Gasteiger partial charge in [0.1, 0.15) is 11.5 Å². The van der Waals surface area contributed by atoms with Crippen molar-refractivity contribution in [2.75, 3.05) is 13.7 Å². The van der Waals surface area contributed by atoms with Gasteiger partial charge >= 0.3 is 0 Å². The van der Waals surface area contributed by atoms with Gasteiger partial charge in [-0.25, -0.2) is 0 Å². The molecule has 15 heavy (non-hydrogen) atoms. The molecule has 1 rings (SSSR count). The predicted molar refractivity (Wildman–Crippen MR) is 65.6 cm³/mol. The molecule has 0 N–H and O–H groups in total. The van der Waals surface area contributed by atoms with Crippen LogP contribution in [0.5, 0.6) is 11.5 Å². The van der Waals surface area contributed by atoms with E-state index in [0.29, 0.717) is 6.61 Å². The summed E-state index contributed by atoms with van der Waals surface area (Å²) in [5.74, 6) is 1.67. The van der Waals surface area contributed by atoms with E-state index in [1.807, 2.05) is 24.3 Å². The average molecular weight is 271 g/mol. The monoisotopic (exact) mass is 270 g/mol. The molecule has 0 spiro atoms. The van der Waals surface area contributed by atoms with Crippen LogP contribution in [0.25, 0.3) is 0 Å². The largest absolute Gasteiger partial charge is 0.497 e. The zero-order valence-electron chi connectivity index (χ0n) is 8.83. The third kappa shape index (κ3) is 3.96. The lowest BCUT2D eigenvalue weighted by molar-refractivity contribution is 0.309. The van der Waals surface area contributed by atoms with Gasteiger partial charge in [0.25, 0.3) is 0 Å². The van der Waals surface area contributed by atoms with Crippen molar-refractivity contribution in [1.29, 1.82) is 0 Å². The van der Waals surface area contributed by atoms with Crippen molar-refractivity contribution in [3.05, 3.63) is 35.3 Å². The van der Waals surface area contributed by atoms with E-state index in [1.165, 1.54) is 0 Å². The topological polar surface area (TPSA) is 18.5 Å². The van der Waals surface area contributed by atoms with Gasteiger partial charge in [-0.1, -0.05) is 6.08 Å². The molecule has 0 atom stereocenters. The number of benzene rings is 1. The van der Waals surface area contributed by atoms with Crippen LogP contribution in [-0.2, 0) is 0 Å². The quantitative estimate of drug-likeness (QED) is 0.578. The molecular formula is C12H15BrO2. The molecule has 0 saturated heterocycles. The van der Waals surface area contributed by atoms with E-state index in [0.717, 1.165) is 28.8 Å². The van der Waals surface area contributed by atoms with E-state index in [2.05, 4.69) is 22.5 Å². The SMILES string of the molecule is C=CCCCOc1ccc(OC)cc1Br. The van der Waals surface area contributed by atoms with Crippen molar-refractivity contribution in [3.8, 4) is 11.5 Å². The van der Waals surface area contributed by atoms with Crippen LogP contribution in [0.4, 0.5) is 0 Å². The lowest BCUT2D eigenvalue weighted by atomic mass is 10.3. The Morgan fingerprint density at radius 1 is 1.47 bits per heavy atom. The number of halogens is 1. The Morgan fingerprint density at radius 3 is 2.87 bits per heavy atom. The van der Waals surface area contributed by atoms with Crippen molar-refractivity contribution in [2.24, 2.45) is 0 Å².